The molecule has 1 unspecified atom stereocenters. The third-order valence-electron chi connectivity index (χ3n) is 4.57. The Balaban J connectivity index is 0.00000312. The first-order valence-corrected chi connectivity index (χ1v) is 8.96. The van der Waals surface area contributed by atoms with Crippen molar-refractivity contribution >= 4 is 12.4 Å². The lowest BCUT2D eigenvalue weighted by Gasteiger charge is -2.35. The van der Waals surface area contributed by atoms with Crippen LogP contribution in [0.3, 0.4) is 0 Å². The normalized spacial score (nSPS) is 17.4. The van der Waals surface area contributed by atoms with Gasteiger partial charge in [0.05, 0.1) is 6.61 Å². The molecule has 5 nitrogen and oxygen atoms in total. The van der Waals surface area contributed by atoms with Crippen molar-refractivity contribution in [1.82, 2.24) is 9.80 Å². The number of aryl methyl sites for hydroxylation is 1. The Labute approximate surface area is 158 Å². The van der Waals surface area contributed by atoms with Crippen molar-refractivity contribution < 1.29 is 14.9 Å². The lowest BCUT2D eigenvalue weighted by atomic mass is 10.0. The highest BCUT2D eigenvalue weighted by Gasteiger charge is 2.19. The molecule has 0 spiro atoms. The molecule has 1 aromatic rings. The average molecular weight is 373 g/mol. The summed E-state index contributed by atoms with van der Waals surface area (Å²) in [4.78, 5) is 4.52. The van der Waals surface area contributed by atoms with Gasteiger partial charge in [-0.2, -0.15) is 0 Å². The molecule has 1 aromatic carbocycles. The molecule has 144 valence electrons. The largest absolute Gasteiger partial charge is 0.491 e. The van der Waals surface area contributed by atoms with Crippen LogP contribution in [0.15, 0.2) is 18.2 Å². The molecule has 1 saturated heterocycles. The molecule has 2 N–H and O–H groups in total. The van der Waals surface area contributed by atoms with Crippen molar-refractivity contribution in [2.24, 2.45) is 0 Å². The minimum atomic E-state index is -0.491. The summed E-state index contributed by atoms with van der Waals surface area (Å²) >= 11 is 0. The van der Waals surface area contributed by atoms with Gasteiger partial charge in [0.2, 0.25) is 0 Å². The van der Waals surface area contributed by atoms with Gasteiger partial charge < -0.3 is 14.9 Å². The van der Waals surface area contributed by atoms with E-state index in [1.54, 1.807) is 0 Å². The van der Waals surface area contributed by atoms with Gasteiger partial charge in [-0.3, -0.25) is 9.80 Å². The molecule has 0 amide bonds. The van der Waals surface area contributed by atoms with Crippen LogP contribution in [0, 0.1) is 6.92 Å². The second-order valence-electron chi connectivity index (χ2n) is 7.03. The van der Waals surface area contributed by atoms with Crippen molar-refractivity contribution in [2.45, 2.75) is 32.8 Å². The zero-order valence-electron chi connectivity index (χ0n) is 15.6. The van der Waals surface area contributed by atoms with Gasteiger partial charge in [-0.05, 0) is 30.0 Å². The molecule has 1 aliphatic heterocycles. The van der Waals surface area contributed by atoms with E-state index in [1.807, 2.05) is 0 Å². The predicted molar refractivity (Wildman–Crippen MR) is 104 cm³/mol. The van der Waals surface area contributed by atoms with E-state index in [4.69, 9.17) is 9.84 Å². The Kier molecular flexibility index (Phi) is 9.75. The van der Waals surface area contributed by atoms with Crippen LogP contribution in [0.1, 0.15) is 30.9 Å². The number of β-amino-alcohol motifs (C(OH)–C–C–N with tert-alkyl or cyclic N) is 2. The van der Waals surface area contributed by atoms with Crippen LogP contribution < -0.4 is 4.74 Å². The van der Waals surface area contributed by atoms with Crippen LogP contribution in [-0.2, 0) is 0 Å². The highest BCUT2D eigenvalue weighted by Crippen LogP contribution is 2.27. The van der Waals surface area contributed by atoms with Gasteiger partial charge >= 0.3 is 0 Å². The Morgan fingerprint density at radius 1 is 1.12 bits per heavy atom. The fraction of sp³-hybridized carbons (Fsp3) is 0.684. The first-order chi connectivity index (χ1) is 11.5. The maximum Gasteiger partial charge on any atom is 0.123 e. The summed E-state index contributed by atoms with van der Waals surface area (Å²) in [6.07, 6.45) is -0.491. The molecule has 0 radical (unpaired) electrons. The number of benzene rings is 1. The highest BCUT2D eigenvalue weighted by molar-refractivity contribution is 5.85. The quantitative estimate of drug-likeness (QED) is 0.729. The van der Waals surface area contributed by atoms with E-state index in [9.17, 15) is 5.11 Å². The Bertz CT molecular complexity index is 505. The number of halogens is 1. The van der Waals surface area contributed by atoms with Gasteiger partial charge in [-0.1, -0.05) is 26.0 Å². The molecule has 2 rings (SSSR count). The zero-order valence-corrected chi connectivity index (χ0v) is 16.5. The number of rotatable bonds is 8. The van der Waals surface area contributed by atoms with Gasteiger partial charge in [0.1, 0.15) is 18.5 Å². The summed E-state index contributed by atoms with van der Waals surface area (Å²) in [7, 11) is 0. The second-order valence-corrected chi connectivity index (χ2v) is 7.03. The number of aliphatic hydroxyl groups excluding tert-OH is 2. The van der Waals surface area contributed by atoms with Crippen molar-refractivity contribution in [2.75, 3.05) is 52.5 Å². The molecule has 1 aliphatic rings. The van der Waals surface area contributed by atoms with E-state index in [-0.39, 0.29) is 19.0 Å². The molecule has 6 heteroatoms. The Hall–Kier alpha value is -0.850. The third-order valence-corrected chi connectivity index (χ3v) is 4.57. The first kappa shape index (κ1) is 22.2. The van der Waals surface area contributed by atoms with Gasteiger partial charge in [0.15, 0.2) is 0 Å². The van der Waals surface area contributed by atoms with Crippen molar-refractivity contribution in [3.63, 3.8) is 0 Å². The molecule has 0 aromatic heterocycles. The molecule has 0 saturated carbocycles. The molecule has 25 heavy (non-hydrogen) atoms. The van der Waals surface area contributed by atoms with Gasteiger partial charge in [0, 0.05) is 39.3 Å². The number of aliphatic hydroxyl groups is 2. The van der Waals surface area contributed by atoms with E-state index < -0.39 is 6.10 Å². The van der Waals surface area contributed by atoms with E-state index in [1.165, 1.54) is 11.1 Å². The molecule has 1 heterocycles. The van der Waals surface area contributed by atoms with Crippen molar-refractivity contribution in [3.8, 4) is 5.75 Å². The molecule has 1 fully saturated rings. The number of piperazine rings is 1. The molecular formula is C19H33ClN2O3. The number of nitrogens with zero attached hydrogens (tertiary/aromatic N) is 2. The lowest BCUT2D eigenvalue weighted by Crippen LogP contribution is -2.49. The summed E-state index contributed by atoms with van der Waals surface area (Å²) in [5, 5.41) is 19.3. The summed E-state index contributed by atoms with van der Waals surface area (Å²) in [5.41, 5.74) is 2.36. The number of hydrogen-bond donors (Lipinski definition) is 2. The summed E-state index contributed by atoms with van der Waals surface area (Å²) in [6.45, 7) is 12.0. The Morgan fingerprint density at radius 2 is 1.76 bits per heavy atom. The summed E-state index contributed by atoms with van der Waals surface area (Å²) in [5.74, 6) is 1.29. The average Bonchev–Trinajstić information content (AvgIpc) is 2.55. The zero-order chi connectivity index (χ0) is 17.5. The van der Waals surface area contributed by atoms with Crippen LogP contribution in [0.2, 0.25) is 0 Å². The van der Waals surface area contributed by atoms with Gasteiger partial charge in [-0.25, -0.2) is 0 Å². The van der Waals surface area contributed by atoms with Crippen molar-refractivity contribution in [1.29, 1.82) is 0 Å². The second kappa shape index (κ2) is 11.0. The van der Waals surface area contributed by atoms with Crippen LogP contribution in [0.5, 0.6) is 5.75 Å². The van der Waals surface area contributed by atoms with Crippen LogP contribution in [0.4, 0.5) is 0 Å². The van der Waals surface area contributed by atoms with Crippen LogP contribution >= 0.6 is 12.4 Å². The van der Waals surface area contributed by atoms with Gasteiger partial charge in [0.25, 0.3) is 0 Å². The fourth-order valence-electron chi connectivity index (χ4n) is 3.12. The van der Waals surface area contributed by atoms with E-state index in [0.717, 1.165) is 38.5 Å². The smallest absolute Gasteiger partial charge is 0.123 e. The lowest BCUT2D eigenvalue weighted by molar-refractivity contribution is 0.0426. The monoisotopic (exact) mass is 372 g/mol. The maximum atomic E-state index is 10.3. The fourth-order valence-corrected chi connectivity index (χ4v) is 3.12. The third kappa shape index (κ3) is 7.12. The first-order valence-electron chi connectivity index (χ1n) is 8.96. The molecular weight excluding hydrogens is 340 g/mol. The summed E-state index contributed by atoms with van der Waals surface area (Å²) < 4.78 is 5.92. The molecule has 1 atom stereocenters. The van der Waals surface area contributed by atoms with E-state index >= 15 is 0 Å². The van der Waals surface area contributed by atoms with Crippen LogP contribution in [0.25, 0.3) is 0 Å². The topological polar surface area (TPSA) is 56.2 Å². The molecule has 0 bridgehead atoms. The van der Waals surface area contributed by atoms with E-state index in [2.05, 4.69) is 48.8 Å². The molecule has 0 aliphatic carbocycles. The van der Waals surface area contributed by atoms with Crippen molar-refractivity contribution in [3.05, 3.63) is 29.3 Å². The van der Waals surface area contributed by atoms with E-state index in [0.29, 0.717) is 19.1 Å². The highest BCUT2D eigenvalue weighted by atomic mass is 35.5. The number of hydrogen-bond acceptors (Lipinski definition) is 5. The van der Waals surface area contributed by atoms with Crippen LogP contribution in [-0.4, -0.2) is 78.6 Å². The minimum Gasteiger partial charge on any atom is -0.491 e. The SMILES string of the molecule is Cc1ccc(C(C)C)c(OCC(O)CN2CCN(CCO)CC2)c1.Cl. The minimum absolute atomic E-state index is 0. The maximum absolute atomic E-state index is 10.3. The standard InChI is InChI=1S/C19H32N2O3.ClH/c1-15(2)18-5-4-16(3)12-19(18)24-14-17(23)13-21-8-6-20(7-9-21)10-11-22;/h4-5,12,15,17,22-23H,6-11,13-14H2,1-3H3;1H. The predicted octanol–water partition coefficient (Wildman–Crippen LogP) is 1.89. The van der Waals surface area contributed by atoms with Gasteiger partial charge in [-0.15, -0.1) is 12.4 Å². The number of ether oxygens (including phenoxy) is 1. The summed E-state index contributed by atoms with van der Waals surface area (Å²) in [6, 6.07) is 6.27. The Morgan fingerprint density at radius 3 is 2.36 bits per heavy atom.